The minimum absolute atomic E-state index is 0. The number of hydrogen-bond acceptors (Lipinski definition) is 5. The van der Waals surface area contributed by atoms with Crippen molar-refractivity contribution in [2.45, 2.75) is 52.5 Å². The van der Waals surface area contributed by atoms with Crippen LogP contribution in [0.2, 0.25) is 0 Å². The molecule has 1 aliphatic heterocycles. The highest BCUT2D eigenvalue weighted by atomic mass is 16.7. The molecule has 0 bridgehead atoms. The van der Waals surface area contributed by atoms with Gasteiger partial charge in [-0.15, -0.1) is 0 Å². The monoisotopic (exact) mass is 481 g/mol. The van der Waals surface area contributed by atoms with Crippen molar-refractivity contribution in [3.63, 3.8) is 0 Å². The lowest BCUT2D eigenvalue weighted by Gasteiger charge is -2.13. The summed E-state index contributed by atoms with van der Waals surface area (Å²) < 4.78 is 11.8. The molecule has 0 atom stereocenters. The second-order valence-corrected chi connectivity index (χ2v) is 8.38. The maximum atomic E-state index is 13.0. The first-order valence-corrected chi connectivity index (χ1v) is 12.2. The molecule has 0 spiro atoms. The highest BCUT2D eigenvalue weighted by Crippen LogP contribution is 2.32. The molecule has 8 nitrogen and oxygen atoms in total. The third-order valence-corrected chi connectivity index (χ3v) is 6.14. The van der Waals surface area contributed by atoms with E-state index in [1.807, 2.05) is 13.8 Å². The average molecular weight is 482 g/mol. The molecule has 1 amide bonds. The molecule has 5 rings (SSSR count). The van der Waals surface area contributed by atoms with Gasteiger partial charge in [0.05, 0.1) is 17.4 Å². The number of allylic oxidation sites excluding steroid dienone is 1. The number of fused-ring (bicyclic) bond motifs is 2. The fraction of sp³-hybridized carbons (Fsp3) is 0.370. The van der Waals surface area contributed by atoms with E-state index in [1.54, 1.807) is 36.4 Å². The Kier molecular flexibility index (Phi) is 7.70. The van der Waals surface area contributed by atoms with Crippen LogP contribution in [0.5, 0.6) is 11.5 Å². The molecule has 1 aliphatic carbocycles. The number of aromatic amines is 1. The van der Waals surface area contributed by atoms with Gasteiger partial charge in [-0.2, -0.15) is 0 Å². The predicted octanol–water partition coefficient (Wildman–Crippen LogP) is 4.61. The lowest BCUT2D eigenvalue weighted by atomic mass is 9.97. The van der Waals surface area contributed by atoms with Crippen molar-refractivity contribution < 1.29 is 17.1 Å². The Morgan fingerprint density at radius 3 is 2.71 bits per heavy atom. The van der Waals surface area contributed by atoms with E-state index in [2.05, 4.69) is 16.4 Å². The molecule has 0 fully saturated rings. The number of ether oxygens (including phenoxy) is 2. The third-order valence-electron chi connectivity index (χ3n) is 6.14. The Morgan fingerprint density at radius 1 is 1.09 bits per heavy atom. The number of amides is 1. The molecule has 2 aliphatic rings. The van der Waals surface area contributed by atoms with Gasteiger partial charge in [0, 0.05) is 15.0 Å². The smallest absolute Gasteiger partial charge is 0.329 e. The number of aromatic nitrogens is 2. The van der Waals surface area contributed by atoms with Crippen LogP contribution >= 0.6 is 0 Å². The molecule has 2 heterocycles. The molecule has 0 saturated heterocycles. The zero-order chi connectivity index (χ0) is 24.8. The van der Waals surface area contributed by atoms with Crippen molar-refractivity contribution >= 4 is 16.8 Å². The summed E-state index contributed by atoms with van der Waals surface area (Å²) in [5.74, 6) is 1.01. The Labute approximate surface area is 206 Å². The van der Waals surface area contributed by atoms with Crippen molar-refractivity contribution in [3.05, 3.63) is 80.0 Å². The molecule has 0 radical (unpaired) electrons. The van der Waals surface area contributed by atoms with Gasteiger partial charge in [-0.25, -0.2) is 4.79 Å². The van der Waals surface area contributed by atoms with E-state index in [4.69, 9.17) is 9.47 Å². The van der Waals surface area contributed by atoms with Gasteiger partial charge in [0.25, 0.3) is 11.5 Å². The van der Waals surface area contributed by atoms with E-state index >= 15 is 0 Å². The van der Waals surface area contributed by atoms with Gasteiger partial charge in [-0.1, -0.05) is 31.6 Å². The number of carbonyl (C=O) groups excluding carboxylic acids is 1. The SMILES string of the molecule is CC.O=C(NCCC1=CCCCC1)c1ccc2c(=O)n(Cc3ccc4c(c3)OCO4)c(=O)[nH]c2c1.[HH].[HH]. The summed E-state index contributed by atoms with van der Waals surface area (Å²) in [7, 11) is 0. The van der Waals surface area contributed by atoms with Gasteiger partial charge >= 0.3 is 5.69 Å². The lowest BCUT2D eigenvalue weighted by Crippen LogP contribution is -2.35. The fourth-order valence-corrected chi connectivity index (χ4v) is 4.33. The normalized spacial score (nSPS) is 14.2. The van der Waals surface area contributed by atoms with Crippen molar-refractivity contribution in [2.24, 2.45) is 0 Å². The summed E-state index contributed by atoms with van der Waals surface area (Å²) in [6, 6.07) is 10.1. The second kappa shape index (κ2) is 11.1. The summed E-state index contributed by atoms with van der Waals surface area (Å²) in [5.41, 5.74) is 1.94. The number of carbonyl (C=O) groups is 1. The van der Waals surface area contributed by atoms with Crippen LogP contribution in [0.25, 0.3) is 10.9 Å². The van der Waals surface area contributed by atoms with Crippen LogP contribution in [0.15, 0.2) is 57.6 Å². The standard InChI is InChI=1S/C25H25N3O5.C2H6.2H2/c29-23(26-11-10-16-4-2-1-3-5-16)18-7-8-19-20(13-18)27-25(31)28(24(19)30)14-17-6-9-21-22(12-17)33-15-32-21;1-2;;/h4,6-9,12-13H,1-3,5,10-11,14-15H2,(H,26,29)(H,27,31);1-2H3;2*1H. The number of nitrogens with zero attached hydrogens (tertiary/aromatic N) is 1. The van der Waals surface area contributed by atoms with Gasteiger partial charge in [0.2, 0.25) is 6.79 Å². The van der Waals surface area contributed by atoms with Crippen LogP contribution in [0, 0.1) is 0 Å². The van der Waals surface area contributed by atoms with Crippen LogP contribution < -0.4 is 26.0 Å². The second-order valence-electron chi connectivity index (χ2n) is 8.38. The van der Waals surface area contributed by atoms with Crippen LogP contribution in [0.4, 0.5) is 0 Å². The first-order valence-electron chi connectivity index (χ1n) is 12.2. The van der Waals surface area contributed by atoms with Crippen molar-refractivity contribution in [1.82, 2.24) is 14.9 Å². The first-order chi connectivity index (χ1) is 17.1. The summed E-state index contributed by atoms with van der Waals surface area (Å²) in [6.45, 7) is 4.82. The van der Waals surface area contributed by atoms with Gasteiger partial charge in [0.15, 0.2) is 11.5 Å². The fourth-order valence-electron chi connectivity index (χ4n) is 4.33. The maximum Gasteiger partial charge on any atom is 0.329 e. The van der Waals surface area contributed by atoms with E-state index in [-0.39, 0.29) is 22.1 Å². The number of hydrogen-bond donors (Lipinski definition) is 2. The van der Waals surface area contributed by atoms with Crippen molar-refractivity contribution in [2.75, 3.05) is 13.3 Å². The molecule has 2 N–H and O–H groups in total. The van der Waals surface area contributed by atoms with E-state index < -0.39 is 11.2 Å². The highest BCUT2D eigenvalue weighted by molar-refractivity contribution is 5.97. The van der Waals surface area contributed by atoms with Crippen LogP contribution in [0.3, 0.4) is 0 Å². The largest absolute Gasteiger partial charge is 0.454 e. The summed E-state index contributed by atoms with van der Waals surface area (Å²) in [4.78, 5) is 41.0. The van der Waals surface area contributed by atoms with E-state index in [9.17, 15) is 14.4 Å². The molecule has 2 aromatic carbocycles. The molecule has 1 aromatic heterocycles. The average Bonchev–Trinajstić information content (AvgIpc) is 3.36. The number of nitrogens with one attached hydrogen (secondary N) is 2. The molecular weight excluding hydrogens is 446 g/mol. The molecule has 0 saturated carbocycles. The van der Waals surface area contributed by atoms with Crippen LogP contribution in [-0.2, 0) is 6.54 Å². The minimum Gasteiger partial charge on any atom is -0.454 e. The Bertz CT molecular complexity index is 1380. The first kappa shape index (κ1) is 24.3. The van der Waals surface area contributed by atoms with Crippen molar-refractivity contribution in [1.29, 1.82) is 0 Å². The number of rotatable bonds is 6. The summed E-state index contributed by atoms with van der Waals surface area (Å²) in [6.07, 6.45) is 7.79. The quantitative estimate of drug-likeness (QED) is 0.501. The molecule has 0 unspecified atom stereocenters. The van der Waals surface area contributed by atoms with E-state index in [0.717, 1.165) is 29.4 Å². The van der Waals surface area contributed by atoms with E-state index in [1.165, 1.54) is 18.4 Å². The van der Waals surface area contributed by atoms with Gasteiger partial charge in [-0.05, 0) is 68.0 Å². The van der Waals surface area contributed by atoms with E-state index in [0.29, 0.717) is 34.5 Å². The summed E-state index contributed by atoms with van der Waals surface area (Å²) >= 11 is 0. The maximum absolute atomic E-state index is 13.0. The van der Waals surface area contributed by atoms with Gasteiger partial charge < -0.3 is 19.8 Å². The molecule has 3 aromatic rings. The molecule has 35 heavy (non-hydrogen) atoms. The van der Waals surface area contributed by atoms with Gasteiger partial charge in [0.1, 0.15) is 0 Å². The zero-order valence-electron chi connectivity index (χ0n) is 20.2. The summed E-state index contributed by atoms with van der Waals surface area (Å²) in [5, 5.41) is 3.27. The highest BCUT2D eigenvalue weighted by Gasteiger charge is 2.16. The van der Waals surface area contributed by atoms with Crippen molar-refractivity contribution in [3.8, 4) is 11.5 Å². The Morgan fingerprint density at radius 2 is 1.91 bits per heavy atom. The van der Waals surface area contributed by atoms with Crippen LogP contribution in [-0.4, -0.2) is 28.8 Å². The number of benzene rings is 2. The minimum atomic E-state index is -0.535. The lowest BCUT2D eigenvalue weighted by molar-refractivity contribution is 0.0954. The van der Waals surface area contributed by atoms with Crippen LogP contribution in [0.1, 0.15) is 64.7 Å². The molecular formula is C27H35N3O5. The Balaban J connectivity index is 0.00000118. The Hall–Kier alpha value is -3.81. The molecule has 8 heteroatoms. The molecule has 188 valence electrons. The predicted molar refractivity (Wildman–Crippen MR) is 140 cm³/mol. The topological polar surface area (TPSA) is 102 Å². The van der Waals surface area contributed by atoms with Gasteiger partial charge in [-0.3, -0.25) is 14.2 Å². The zero-order valence-corrected chi connectivity index (χ0v) is 20.2. The number of H-pyrrole nitrogens is 1. The third kappa shape index (κ3) is 5.48.